The van der Waals surface area contributed by atoms with Crippen molar-refractivity contribution >= 4 is 23.4 Å². The molecule has 1 aromatic heterocycles. The summed E-state index contributed by atoms with van der Waals surface area (Å²) in [5.74, 6) is 4.73. The summed E-state index contributed by atoms with van der Waals surface area (Å²) in [6, 6.07) is 2.44. The van der Waals surface area contributed by atoms with Gasteiger partial charge in [-0.3, -0.25) is 0 Å². The highest BCUT2D eigenvalue weighted by molar-refractivity contribution is 7.99. The van der Waals surface area contributed by atoms with Crippen LogP contribution in [0.4, 0.5) is 11.6 Å². The normalized spacial score (nSPS) is 20.1. The van der Waals surface area contributed by atoms with Gasteiger partial charge in [0.05, 0.1) is 0 Å². The highest BCUT2D eigenvalue weighted by atomic mass is 32.2. The first-order valence-electron chi connectivity index (χ1n) is 6.33. The van der Waals surface area contributed by atoms with Gasteiger partial charge in [-0.2, -0.15) is 11.8 Å². The molecule has 1 aromatic rings. The van der Waals surface area contributed by atoms with Crippen LogP contribution in [0.3, 0.4) is 0 Å². The Morgan fingerprint density at radius 2 is 2.11 bits per heavy atom. The predicted octanol–water partition coefficient (Wildman–Crippen LogP) is 2.30. The van der Waals surface area contributed by atoms with E-state index in [0.29, 0.717) is 11.9 Å². The van der Waals surface area contributed by atoms with Crippen molar-refractivity contribution in [3.63, 3.8) is 0 Å². The largest absolute Gasteiger partial charge is 0.384 e. The predicted molar refractivity (Wildman–Crippen MR) is 79.3 cm³/mol. The molecule has 0 saturated carbocycles. The van der Waals surface area contributed by atoms with E-state index in [2.05, 4.69) is 42.7 Å². The van der Waals surface area contributed by atoms with E-state index in [1.165, 1.54) is 17.9 Å². The molecule has 2 rings (SSSR count). The number of nitrogens with two attached hydrogens (primary N) is 1. The first-order chi connectivity index (χ1) is 8.38. The third kappa shape index (κ3) is 2.88. The van der Waals surface area contributed by atoms with Gasteiger partial charge >= 0.3 is 0 Å². The van der Waals surface area contributed by atoms with E-state index < -0.39 is 0 Å². The second kappa shape index (κ2) is 4.96. The van der Waals surface area contributed by atoms with Crippen LogP contribution >= 0.6 is 11.8 Å². The Bertz CT molecular complexity index is 421. The van der Waals surface area contributed by atoms with E-state index in [9.17, 15) is 0 Å². The van der Waals surface area contributed by atoms with Gasteiger partial charge in [0.25, 0.3) is 0 Å². The SMILES string of the molecule is CN(c1cc(N)nc(C(C)(C)C)n1)C1CCSC1. The molecule has 1 unspecified atom stereocenters. The minimum Gasteiger partial charge on any atom is -0.384 e. The average molecular weight is 266 g/mol. The Kier molecular flexibility index (Phi) is 3.71. The van der Waals surface area contributed by atoms with Crippen LogP contribution in [0.15, 0.2) is 6.07 Å². The number of nitrogen functional groups attached to an aromatic ring is 1. The minimum atomic E-state index is -0.0740. The fourth-order valence-electron chi connectivity index (χ4n) is 1.98. The Labute approximate surface area is 113 Å². The molecule has 2 heterocycles. The second-order valence-corrected chi connectivity index (χ2v) is 7.00. The average Bonchev–Trinajstić information content (AvgIpc) is 2.79. The number of aromatic nitrogens is 2. The molecule has 0 aromatic carbocycles. The highest BCUT2D eigenvalue weighted by Gasteiger charge is 2.24. The lowest BCUT2D eigenvalue weighted by atomic mass is 9.96. The summed E-state index contributed by atoms with van der Waals surface area (Å²) < 4.78 is 0. The van der Waals surface area contributed by atoms with Crippen molar-refractivity contribution in [2.24, 2.45) is 0 Å². The van der Waals surface area contributed by atoms with Gasteiger partial charge < -0.3 is 10.6 Å². The van der Waals surface area contributed by atoms with Crippen LogP contribution in [0.25, 0.3) is 0 Å². The van der Waals surface area contributed by atoms with Gasteiger partial charge in [-0.25, -0.2) is 9.97 Å². The lowest BCUT2D eigenvalue weighted by molar-refractivity contribution is 0.544. The highest BCUT2D eigenvalue weighted by Crippen LogP contribution is 2.27. The molecule has 1 aliphatic rings. The van der Waals surface area contributed by atoms with Gasteiger partial charge in [-0.05, 0) is 12.2 Å². The first-order valence-corrected chi connectivity index (χ1v) is 7.49. The maximum absolute atomic E-state index is 5.91. The summed E-state index contributed by atoms with van der Waals surface area (Å²) in [6.07, 6.45) is 1.22. The molecule has 1 atom stereocenters. The van der Waals surface area contributed by atoms with Gasteiger partial charge in [-0.1, -0.05) is 20.8 Å². The molecule has 2 N–H and O–H groups in total. The fourth-order valence-corrected chi connectivity index (χ4v) is 3.25. The number of anilines is 2. The lowest BCUT2D eigenvalue weighted by Gasteiger charge is -2.27. The standard InChI is InChI=1S/C13H22N4S/c1-13(2,3)12-15-10(14)7-11(16-12)17(4)9-5-6-18-8-9/h7,9H,5-6,8H2,1-4H3,(H2,14,15,16). The fraction of sp³-hybridized carbons (Fsp3) is 0.692. The maximum Gasteiger partial charge on any atom is 0.138 e. The third-order valence-electron chi connectivity index (χ3n) is 3.22. The molecular weight excluding hydrogens is 244 g/mol. The number of nitrogens with zero attached hydrogens (tertiary/aromatic N) is 3. The zero-order chi connectivity index (χ0) is 13.3. The molecule has 1 fully saturated rings. The molecule has 1 saturated heterocycles. The molecule has 1 aliphatic heterocycles. The quantitative estimate of drug-likeness (QED) is 0.890. The maximum atomic E-state index is 5.91. The Morgan fingerprint density at radius 3 is 2.67 bits per heavy atom. The van der Waals surface area contributed by atoms with Crippen molar-refractivity contribution in [3.8, 4) is 0 Å². The molecular formula is C13H22N4S. The number of hydrogen-bond acceptors (Lipinski definition) is 5. The summed E-state index contributed by atoms with van der Waals surface area (Å²) in [4.78, 5) is 11.3. The van der Waals surface area contributed by atoms with Crippen LogP contribution in [0.2, 0.25) is 0 Å². The number of hydrogen-bond donors (Lipinski definition) is 1. The van der Waals surface area contributed by atoms with Gasteiger partial charge in [-0.15, -0.1) is 0 Å². The van der Waals surface area contributed by atoms with Crippen molar-refractivity contribution in [2.75, 3.05) is 29.2 Å². The number of rotatable bonds is 2. The number of thioether (sulfide) groups is 1. The van der Waals surface area contributed by atoms with Crippen molar-refractivity contribution in [1.29, 1.82) is 0 Å². The zero-order valence-electron chi connectivity index (χ0n) is 11.6. The molecule has 5 heteroatoms. The van der Waals surface area contributed by atoms with Crippen LogP contribution < -0.4 is 10.6 Å². The Hall–Kier alpha value is -0.970. The summed E-state index contributed by atoms with van der Waals surface area (Å²) >= 11 is 2.00. The topological polar surface area (TPSA) is 55.0 Å². The van der Waals surface area contributed by atoms with E-state index in [0.717, 1.165) is 11.6 Å². The van der Waals surface area contributed by atoms with Crippen molar-refractivity contribution in [3.05, 3.63) is 11.9 Å². The zero-order valence-corrected chi connectivity index (χ0v) is 12.4. The van der Waals surface area contributed by atoms with Crippen molar-refractivity contribution in [2.45, 2.75) is 38.6 Å². The molecule has 0 aliphatic carbocycles. The smallest absolute Gasteiger partial charge is 0.138 e. The molecule has 0 bridgehead atoms. The van der Waals surface area contributed by atoms with E-state index in [-0.39, 0.29) is 5.41 Å². The Morgan fingerprint density at radius 1 is 1.39 bits per heavy atom. The van der Waals surface area contributed by atoms with Crippen LogP contribution in [0, 0.1) is 0 Å². The van der Waals surface area contributed by atoms with Crippen LogP contribution in [0.5, 0.6) is 0 Å². The van der Waals surface area contributed by atoms with Crippen molar-refractivity contribution < 1.29 is 0 Å². The van der Waals surface area contributed by atoms with E-state index in [4.69, 9.17) is 5.73 Å². The van der Waals surface area contributed by atoms with Crippen LogP contribution in [-0.2, 0) is 5.41 Å². The third-order valence-corrected chi connectivity index (χ3v) is 4.36. The molecule has 100 valence electrons. The summed E-state index contributed by atoms with van der Waals surface area (Å²) in [5.41, 5.74) is 5.84. The molecule has 0 spiro atoms. The van der Waals surface area contributed by atoms with Gasteiger partial charge in [0.2, 0.25) is 0 Å². The van der Waals surface area contributed by atoms with Gasteiger partial charge in [0.1, 0.15) is 17.5 Å². The molecule has 0 radical (unpaired) electrons. The summed E-state index contributed by atoms with van der Waals surface area (Å²) in [5, 5.41) is 0. The van der Waals surface area contributed by atoms with E-state index in [1.807, 2.05) is 17.8 Å². The lowest BCUT2D eigenvalue weighted by Crippen LogP contribution is -2.33. The minimum absolute atomic E-state index is 0.0740. The first kappa shape index (κ1) is 13.5. The van der Waals surface area contributed by atoms with Crippen molar-refractivity contribution in [1.82, 2.24) is 9.97 Å². The monoisotopic (exact) mass is 266 g/mol. The van der Waals surface area contributed by atoms with Gasteiger partial charge in [0, 0.05) is 30.3 Å². The summed E-state index contributed by atoms with van der Waals surface area (Å²) in [6.45, 7) is 6.32. The Balaban J connectivity index is 2.29. The van der Waals surface area contributed by atoms with E-state index >= 15 is 0 Å². The van der Waals surface area contributed by atoms with Crippen LogP contribution in [-0.4, -0.2) is 34.6 Å². The molecule has 4 nitrogen and oxygen atoms in total. The second-order valence-electron chi connectivity index (χ2n) is 5.85. The molecule has 0 amide bonds. The van der Waals surface area contributed by atoms with E-state index in [1.54, 1.807) is 0 Å². The van der Waals surface area contributed by atoms with Crippen LogP contribution in [0.1, 0.15) is 33.0 Å². The summed E-state index contributed by atoms with van der Waals surface area (Å²) in [7, 11) is 2.10. The molecule has 18 heavy (non-hydrogen) atoms. The van der Waals surface area contributed by atoms with Gasteiger partial charge in [0.15, 0.2) is 0 Å².